The van der Waals surface area contributed by atoms with E-state index in [0.29, 0.717) is 23.1 Å². The van der Waals surface area contributed by atoms with Gasteiger partial charge in [-0.05, 0) is 68.3 Å². The van der Waals surface area contributed by atoms with Crippen molar-refractivity contribution in [3.63, 3.8) is 0 Å². The van der Waals surface area contributed by atoms with Crippen LogP contribution in [-0.2, 0) is 13.0 Å². The predicted octanol–water partition coefficient (Wildman–Crippen LogP) is 6.10. The molecule has 5 rings (SSSR count). The molecule has 1 aliphatic rings. The molecule has 7 heteroatoms. The van der Waals surface area contributed by atoms with Gasteiger partial charge in [0.2, 0.25) is 0 Å². The van der Waals surface area contributed by atoms with E-state index < -0.39 is 11.3 Å². The van der Waals surface area contributed by atoms with E-state index in [-0.39, 0.29) is 0 Å². The predicted molar refractivity (Wildman–Crippen MR) is 136 cm³/mol. The number of aliphatic hydroxyl groups is 1. The fraction of sp³-hybridized carbons (Fsp3) is 0.259. The third-order valence-electron chi connectivity index (χ3n) is 6.52. The summed E-state index contributed by atoms with van der Waals surface area (Å²) in [6, 6.07) is 17.3. The molecule has 0 aliphatic carbocycles. The van der Waals surface area contributed by atoms with E-state index in [1.165, 1.54) is 0 Å². The fourth-order valence-electron chi connectivity index (χ4n) is 4.35. The summed E-state index contributed by atoms with van der Waals surface area (Å²) >= 11 is 12.1. The van der Waals surface area contributed by atoms with Crippen molar-refractivity contribution in [2.24, 2.45) is 0 Å². The molecular weight excluding hydrogens is 469 g/mol. The Balaban J connectivity index is 1.37. The van der Waals surface area contributed by atoms with Gasteiger partial charge in [-0.1, -0.05) is 41.4 Å². The van der Waals surface area contributed by atoms with Crippen molar-refractivity contribution in [1.82, 2.24) is 15.3 Å². The second kappa shape index (κ2) is 8.51. The van der Waals surface area contributed by atoms with Crippen LogP contribution in [0.2, 0.25) is 10.2 Å². The van der Waals surface area contributed by atoms with Crippen LogP contribution in [0.25, 0.3) is 22.2 Å². The Morgan fingerprint density at radius 2 is 1.82 bits per heavy atom. The van der Waals surface area contributed by atoms with Gasteiger partial charge in [0.15, 0.2) is 5.72 Å². The van der Waals surface area contributed by atoms with Crippen LogP contribution in [-0.4, -0.2) is 26.4 Å². The van der Waals surface area contributed by atoms with Gasteiger partial charge in [-0.25, -0.2) is 4.98 Å². The molecule has 0 spiro atoms. The Morgan fingerprint density at radius 3 is 2.53 bits per heavy atom. The van der Waals surface area contributed by atoms with Gasteiger partial charge in [0.25, 0.3) is 0 Å². The molecule has 0 fully saturated rings. The lowest BCUT2D eigenvalue weighted by Gasteiger charge is -2.47. The summed E-state index contributed by atoms with van der Waals surface area (Å²) in [5.74, 6) is 0.755. The zero-order valence-corrected chi connectivity index (χ0v) is 20.7. The minimum Gasteiger partial charge on any atom is -0.483 e. The summed E-state index contributed by atoms with van der Waals surface area (Å²) < 4.78 is 6.30. The molecule has 2 aromatic heterocycles. The highest BCUT2D eigenvalue weighted by atomic mass is 35.5. The number of aromatic nitrogens is 2. The molecule has 3 heterocycles. The van der Waals surface area contributed by atoms with Crippen molar-refractivity contribution in [2.45, 2.75) is 45.1 Å². The quantitative estimate of drug-likeness (QED) is 0.265. The lowest BCUT2D eigenvalue weighted by atomic mass is 9.84. The Hall–Kier alpha value is -2.70. The standard InChI is InChI=1S/C27H25Cl2N3O2/c1-16-10-25(29)32-23-11-19-13-27(33,26(2,3)34-24(19)12-21(16)23)31-15-17-4-9-22(30-14-17)18-5-7-20(28)8-6-18/h4-12,14,31,33H,13,15H2,1-3H3/t27-/m1/s1. The first kappa shape index (κ1) is 23.1. The lowest BCUT2D eigenvalue weighted by molar-refractivity contribution is -0.148. The summed E-state index contributed by atoms with van der Waals surface area (Å²) in [6.45, 7) is 6.22. The van der Waals surface area contributed by atoms with Gasteiger partial charge in [0.05, 0.1) is 11.2 Å². The molecule has 174 valence electrons. The number of hydrogen-bond donors (Lipinski definition) is 2. The highest BCUT2D eigenvalue weighted by Gasteiger charge is 2.49. The average Bonchev–Trinajstić information content (AvgIpc) is 2.78. The molecule has 34 heavy (non-hydrogen) atoms. The highest BCUT2D eigenvalue weighted by molar-refractivity contribution is 6.30. The molecule has 1 atom stereocenters. The second-order valence-electron chi connectivity index (χ2n) is 9.30. The number of rotatable bonds is 4. The van der Waals surface area contributed by atoms with Crippen LogP contribution >= 0.6 is 23.2 Å². The molecule has 0 unspecified atom stereocenters. The van der Waals surface area contributed by atoms with Crippen molar-refractivity contribution in [3.8, 4) is 17.0 Å². The molecule has 2 N–H and O–H groups in total. The van der Waals surface area contributed by atoms with Crippen LogP contribution in [0.3, 0.4) is 0 Å². The Labute approximate surface area is 208 Å². The van der Waals surface area contributed by atoms with Crippen LogP contribution in [0, 0.1) is 6.92 Å². The molecule has 0 saturated carbocycles. The molecule has 4 aromatic rings. The van der Waals surface area contributed by atoms with Crippen molar-refractivity contribution < 1.29 is 9.84 Å². The summed E-state index contributed by atoms with van der Waals surface area (Å²) in [5, 5.41) is 17.1. The Kier molecular flexibility index (Phi) is 5.77. The number of nitrogens with zero attached hydrogens (tertiary/aromatic N) is 2. The molecule has 2 aromatic carbocycles. The van der Waals surface area contributed by atoms with Crippen molar-refractivity contribution >= 4 is 34.1 Å². The van der Waals surface area contributed by atoms with Gasteiger partial charge < -0.3 is 9.84 Å². The number of fused-ring (bicyclic) bond motifs is 2. The normalized spacial score (nSPS) is 19.0. The smallest absolute Gasteiger partial charge is 0.159 e. The fourth-order valence-corrected chi connectivity index (χ4v) is 4.73. The first-order valence-electron chi connectivity index (χ1n) is 11.1. The Morgan fingerprint density at radius 1 is 1.06 bits per heavy atom. The van der Waals surface area contributed by atoms with Gasteiger partial charge in [-0.15, -0.1) is 0 Å². The average molecular weight is 494 g/mol. The molecule has 5 nitrogen and oxygen atoms in total. The SMILES string of the molecule is Cc1cc(Cl)nc2cc3c(cc12)OC(C)(C)[C@@](O)(NCc1ccc(-c2ccc(Cl)cc2)nc1)C3. The minimum absolute atomic E-state index is 0.370. The molecule has 1 aliphatic heterocycles. The van der Waals surface area contributed by atoms with Crippen LogP contribution < -0.4 is 10.1 Å². The van der Waals surface area contributed by atoms with E-state index in [9.17, 15) is 5.11 Å². The van der Waals surface area contributed by atoms with E-state index >= 15 is 0 Å². The molecule has 0 bridgehead atoms. The maximum atomic E-state index is 11.6. The van der Waals surface area contributed by atoms with Crippen LogP contribution in [0.5, 0.6) is 5.75 Å². The number of ether oxygens (including phenoxy) is 1. The number of hydrogen-bond acceptors (Lipinski definition) is 5. The first-order valence-corrected chi connectivity index (χ1v) is 11.9. The highest BCUT2D eigenvalue weighted by Crippen LogP contribution is 2.41. The van der Waals surface area contributed by atoms with Crippen LogP contribution in [0.15, 0.2) is 60.8 Å². The van der Waals surface area contributed by atoms with E-state index in [2.05, 4.69) is 15.3 Å². The maximum absolute atomic E-state index is 11.6. The zero-order chi connectivity index (χ0) is 24.1. The lowest BCUT2D eigenvalue weighted by Crippen LogP contribution is -2.65. The number of halogens is 2. The Bertz CT molecular complexity index is 1370. The number of pyridine rings is 2. The van der Waals surface area contributed by atoms with Crippen LogP contribution in [0.1, 0.15) is 30.5 Å². The second-order valence-corrected chi connectivity index (χ2v) is 10.1. The summed E-state index contributed by atoms with van der Waals surface area (Å²) in [6.07, 6.45) is 2.18. The summed E-state index contributed by atoms with van der Waals surface area (Å²) in [4.78, 5) is 9.02. The third-order valence-corrected chi connectivity index (χ3v) is 6.97. The van der Waals surface area contributed by atoms with Crippen molar-refractivity contribution in [3.05, 3.63) is 87.7 Å². The largest absolute Gasteiger partial charge is 0.483 e. The van der Waals surface area contributed by atoms with Gasteiger partial charge in [0.1, 0.15) is 16.5 Å². The zero-order valence-electron chi connectivity index (χ0n) is 19.2. The van der Waals surface area contributed by atoms with E-state index in [1.807, 2.05) is 81.6 Å². The van der Waals surface area contributed by atoms with E-state index in [4.69, 9.17) is 27.9 Å². The molecule has 0 amide bonds. The monoisotopic (exact) mass is 493 g/mol. The topological polar surface area (TPSA) is 67.3 Å². The number of aryl methyl sites for hydroxylation is 1. The van der Waals surface area contributed by atoms with Crippen molar-refractivity contribution in [2.75, 3.05) is 0 Å². The third kappa shape index (κ3) is 4.25. The summed E-state index contributed by atoms with van der Waals surface area (Å²) in [7, 11) is 0. The van der Waals surface area contributed by atoms with Crippen LogP contribution in [0.4, 0.5) is 0 Å². The van der Waals surface area contributed by atoms with Gasteiger partial charge in [-0.2, -0.15) is 0 Å². The maximum Gasteiger partial charge on any atom is 0.159 e. The molecule has 0 saturated heterocycles. The molecular formula is C27H25Cl2N3O2. The van der Waals surface area contributed by atoms with E-state index in [0.717, 1.165) is 44.6 Å². The van der Waals surface area contributed by atoms with Gasteiger partial charge in [-0.3, -0.25) is 10.3 Å². The summed E-state index contributed by atoms with van der Waals surface area (Å²) in [5.41, 5.74) is 3.36. The molecule has 0 radical (unpaired) electrons. The van der Waals surface area contributed by atoms with Gasteiger partial charge >= 0.3 is 0 Å². The number of benzene rings is 2. The van der Waals surface area contributed by atoms with Gasteiger partial charge in [0, 0.05) is 40.7 Å². The number of nitrogens with one attached hydrogen (secondary N) is 1. The van der Waals surface area contributed by atoms with Crippen molar-refractivity contribution in [1.29, 1.82) is 0 Å². The van der Waals surface area contributed by atoms with E-state index in [1.54, 1.807) is 0 Å². The first-order chi connectivity index (χ1) is 16.1. The minimum atomic E-state index is -1.30.